The second-order valence-corrected chi connectivity index (χ2v) is 6.61. The summed E-state index contributed by atoms with van der Waals surface area (Å²) in [5.74, 6) is 0.835. The first-order chi connectivity index (χ1) is 11.6. The average molecular weight is 331 g/mol. The van der Waals surface area contributed by atoms with Crippen molar-refractivity contribution < 1.29 is 4.39 Å². The smallest absolute Gasteiger partial charge is 0.241 e. The molecule has 24 heavy (non-hydrogen) atoms. The molecule has 0 radical (unpaired) electrons. The number of hydrogen-bond donors (Lipinski definition) is 2. The number of aromatic nitrogens is 3. The lowest BCUT2D eigenvalue weighted by Gasteiger charge is -2.36. The molecular formula is C16H22FN7. The Kier molecular flexibility index (Phi) is 3.76. The Bertz CT molecular complexity index is 732. The predicted molar refractivity (Wildman–Crippen MR) is 91.5 cm³/mol. The van der Waals surface area contributed by atoms with Gasteiger partial charge < -0.3 is 16.4 Å². The Morgan fingerprint density at radius 1 is 1.12 bits per heavy atom. The number of nitrogen functional groups attached to an aromatic ring is 2. The van der Waals surface area contributed by atoms with Gasteiger partial charge in [-0.15, -0.1) is 5.10 Å². The molecule has 0 spiro atoms. The highest BCUT2D eigenvalue weighted by Gasteiger charge is 2.27. The van der Waals surface area contributed by atoms with E-state index in [1.165, 1.54) is 30.1 Å². The first-order valence-corrected chi connectivity index (χ1v) is 8.35. The highest BCUT2D eigenvalue weighted by atomic mass is 19.1. The molecule has 1 saturated heterocycles. The van der Waals surface area contributed by atoms with Gasteiger partial charge in [0.1, 0.15) is 5.82 Å². The Morgan fingerprint density at radius 2 is 1.88 bits per heavy atom. The van der Waals surface area contributed by atoms with Crippen LogP contribution in [0.5, 0.6) is 0 Å². The summed E-state index contributed by atoms with van der Waals surface area (Å²) < 4.78 is 15.9. The predicted octanol–water partition coefficient (Wildman–Crippen LogP) is 1.10. The summed E-state index contributed by atoms with van der Waals surface area (Å²) in [6.45, 7) is 4.87. The molecule has 4 N–H and O–H groups in total. The molecule has 2 fully saturated rings. The maximum absolute atomic E-state index is 14.6. The molecule has 128 valence electrons. The fraction of sp³-hybridized carbons (Fsp3) is 0.500. The lowest BCUT2D eigenvalue weighted by molar-refractivity contribution is 0.247. The molecule has 2 heterocycles. The van der Waals surface area contributed by atoms with E-state index < -0.39 is 0 Å². The standard InChI is InChI=1S/C16H22FN7/c17-13-9-12(24-16(19)20-15(18)21-24)3-4-14(13)23-7-5-22(6-8-23)10-11-1-2-11/h3-4,9,11H,1-2,5-8,10H2,(H4,18,19,20,21). The summed E-state index contributed by atoms with van der Waals surface area (Å²) in [7, 11) is 0. The first kappa shape index (κ1) is 15.2. The lowest BCUT2D eigenvalue weighted by atomic mass is 10.2. The van der Waals surface area contributed by atoms with Gasteiger partial charge in [0.15, 0.2) is 0 Å². The third-order valence-electron chi connectivity index (χ3n) is 4.75. The van der Waals surface area contributed by atoms with Gasteiger partial charge in [-0.25, -0.2) is 4.39 Å². The number of piperazine rings is 1. The average Bonchev–Trinajstić information content (AvgIpc) is 3.31. The number of hydrogen-bond acceptors (Lipinski definition) is 6. The summed E-state index contributed by atoms with van der Waals surface area (Å²) >= 11 is 0. The molecule has 8 heteroatoms. The van der Waals surface area contributed by atoms with Crippen molar-refractivity contribution in [2.75, 3.05) is 49.1 Å². The van der Waals surface area contributed by atoms with Crippen molar-refractivity contribution in [1.82, 2.24) is 19.7 Å². The van der Waals surface area contributed by atoms with Gasteiger partial charge in [-0.2, -0.15) is 9.67 Å². The maximum Gasteiger partial charge on any atom is 0.241 e. The van der Waals surface area contributed by atoms with Crippen molar-refractivity contribution in [3.05, 3.63) is 24.0 Å². The van der Waals surface area contributed by atoms with E-state index in [1.807, 2.05) is 0 Å². The van der Waals surface area contributed by atoms with Crippen LogP contribution < -0.4 is 16.4 Å². The number of rotatable bonds is 4. The highest BCUT2D eigenvalue weighted by Crippen LogP contribution is 2.30. The number of nitrogens with zero attached hydrogens (tertiary/aromatic N) is 5. The van der Waals surface area contributed by atoms with Crippen molar-refractivity contribution in [2.45, 2.75) is 12.8 Å². The van der Waals surface area contributed by atoms with E-state index in [1.54, 1.807) is 12.1 Å². The third-order valence-corrected chi connectivity index (χ3v) is 4.75. The van der Waals surface area contributed by atoms with E-state index in [-0.39, 0.29) is 17.7 Å². The Balaban J connectivity index is 1.47. The molecule has 0 atom stereocenters. The van der Waals surface area contributed by atoms with Crippen LogP contribution in [-0.4, -0.2) is 52.4 Å². The number of halogens is 1. The van der Waals surface area contributed by atoms with Gasteiger partial charge in [0.2, 0.25) is 11.9 Å². The molecule has 1 aromatic heterocycles. The van der Waals surface area contributed by atoms with Gasteiger partial charge in [0.05, 0.1) is 11.4 Å². The maximum atomic E-state index is 14.6. The molecule has 0 unspecified atom stereocenters. The quantitative estimate of drug-likeness (QED) is 0.872. The number of benzene rings is 1. The van der Waals surface area contributed by atoms with Crippen molar-refractivity contribution >= 4 is 17.6 Å². The summed E-state index contributed by atoms with van der Waals surface area (Å²) in [5, 5.41) is 3.98. The summed E-state index contributed by atoms with van der Waals surface area (Å²) in [6, 6.07) is 4.99. The zero-order valence-corrected chi connectivity index (χ0v) is 13.5. The van der Waals surface area contributed by atoms with Crippen LogP contribution in [0, 0.1) is 11.7 Å². The minimum absolute atomic E-state index is 0.0729. The van der Waals surface area contributed by atoms with Crippen LogP contribution in [0.2, 0.25) is 0 Å². The normalized spacial score (nSPS) is 19.0. The molecule has 1 aliphatic carbocycles. The molecule has 4 rings (SSSR count). The second-order valence-electron chi connectivity index (χ2n) is 6.61. The van der Waals surface area contributed by atoms with E-state index in [0.717, 1.165) is 32.1 Å². The van der Waals surface area contributed by atoms with Crippen LogP contribution in [0.3, 0.4) is 0 Å². The van der Waals surface area contributed by atoms with E-state index in [0.29, 0.717) is 11.4 Å². The minimum atomic E-state index is -0.281. The molecular weight excluding hydrogens is 309 g/mol. The molecule has 7 nitrogen and oxygen atoms in total. The van der Waals surface area contributed by atoms with Gasteiger partial charge in [-0.1, -0.05) is 0 Å². The fourth-order valence-corrected chi connectivity index (χ4v) is 3.25. The van der Waals surface area contributed by atoms with Crippen LogP contribution in [0.1, 0.15) is 12.8 Å². The Morgan fingerprint density at radius 3 is 2.46 bits per heavy atom. The largest absolute Gasteiger partial charge is 0.368 e. The lowest BCUT2D eigenvalue weighted by Crippen LogP contribution is -2.47. The molecule has 1 aromatic carbocycles. The topological polar surface area (TPSA) is 89.2 Å². The van der Waals surface area contributed by atoms with E-state index in [2.05, 4.69) is 19.9 Å². The monoisotopic (exact) mass is 331 g/mol. The van der Waals surface area contributed by atoms with Gasteiger partial charge in [-0.3, -0.25) is 4.90 Å². The van der Waals surface area contributed by atoms with Crippen molar-refractivity contribution in [3.63, 3.8) is 0 Å². The van der Waals surface area contributed by atoms with Crippen LogP contribution in [-0.2, 0) is 0 Å². The summed E-state index contributed by atoms with van der Waals surface area (Å²) in [4.78, 5) is 8.42. The highest BCUT2D eigenvalue weighted by molar-refractivity contribution is 5.54. The van der Waals surface area contributed by atoms with Crippen LogP contribution in [0.4, 0.5) is 22.0 Å². The van der Waals surface area contributed by atoms with Gasteiger partial charge in [0, 0.05) is 38.8 Å². The number of nitrogens with two attached hydrogens (primary N) is 2. The van der Waals surface area contributed by atoms with Gasteiger partial charge in [-0.05, 0) is 30.9 Å². The van der Waals surface area contributed by atoms with E-state index >= 15 is 0 Å². The van der Waals surface area contributed by atoms with Crippen LogP contribution in [0.15, 0.2) is 18.2 Å². The zero-order valence-electron chi connectivity index (χ0n) is 13.5. The minimum Gasteiger partial charge on any atom is -0.368 e. The summed E-state index contributed by atoms with van der Waals surface area (Å²) in [6.07, 6.45) is 2.73. The first-order valence-electron chi connectivity index (χ1n) is 8.35. The third kappa shape index (κ3) is 3.01. The molecule has 1 aliphatic heterocycles. The van der Waals surface area contributed by atoms with E-state index in [4.69, 9.17) is 11.5 Å². The molecule has 0 amide bonds. The van der Waals surface area contributed by atoms with E-state index in [9.17, 15) is 4.39 Å². The Hall–Kier alpha value is -2.35. The summed E-state index contributed by atoms with van der Waals surface area (Å²) in [5.41, 5.74) is 12.4. The zero-order chi connectivity index (χ0) is 16.7. The van der Waals surface area contributed by atoms with Gasteiger partial charge >= 0.3 is 0 Å². The van der Waals surface area contributed by atoms with Crippen molar-refractivity contribution in [3.8, 4) is 5.69 Å². The van der Waals surface area contributed by atoms with Crippen molar-refractivity contribution in [1.29, 1.82) is 0 Å². The molecule has 0 bridgehead atoms. The Labute approximate surface area is 140 Å². The van der Waals surface area contributed by atoms with Crippen molar-refractivity contribution in [2.24, 2.45) is 5.92 Å². The SMILES string of the molecule is Nc1nc(N)n(-c2ccc(N3CCN(CC4CC4)CC3)c(F)c2)n1. The van der Waals surface area contributed by atoms with Gasteiger partial charge in [0.25, 0.3) is 0 Å². The van der Waals surface area contributed by atoms with Crippen LogP contribution >= 0.6 is 0 Å². The van der Waals surface area contributed by atoms with Crippen LogP contribution in [0.25, 0.3) is 5.69 Å². The fourth-order valence-electron chi connectivity index (χ4n) is 3.25. The molecule has 2 aliphatic rings. The molecule has 1 saturated carbocycles. The second kappa shape index (κ2) is 5.94. The molecule has 2 aromatic rings. The number of anilines is 3.